The molecule has 2 amide bonds. The molecule has 1 aliphatic carbocycles. The molecular formula is C29H33N3O4S. The first-order valence-electron chi connectivity index (χ1n) is 13.1. The second-order valence-corrected chi connectivity index (χ2v) is 12.0. The molecule has 1 saturated heterocycles. The van der Waals surface area contributed by atoms with Crippen LogP contribution in [-0.2, 0) is 14.8 Å². The summed E-state index contributed by atoms with van der Waals surface area (Å²) in [4.78, 5) is 26.3. The highest BCUT2D eigenvalue weighted by atomic mass is 32.2. The van der Waals surface area contributed by atoms with Crippen molar-refractivity contribution >= 4 is 32.6 Å². The van der Waals surface area contributed by atoms with Gasteiger partial charge in [0.25, 0.3) is 5.91 Å². The summed E-state index contributed by atoms with van der Waals surface area (Å²) in [6.07, 6.45) is 4.84. The van der Waals surface area contributed by atoms with Gasteiger partial charge in [-0.3, -0.25) is 9.59 Å². The Morgan fingerprint density at radius 2 is 1.43 bits per heavy atom. The Morgan fingerprint density at radius 1 is 0.757 bits per heavy atom. The summed E-state index contributed by atoms with van der Waals surface area (Å²) in [5.41, 5.74) is 0.597. The van der Waals surface area contributed by atoms with Gasteiger partial charge in [0.2, 0.25) is 15.9 Å². The summed E-state index contributed by atoms with van der Waals surface area (Å²) < 4.78 is 28.3. The van der Waals surface area contributed by atoms with Gasteiger partial charge in [0.05, 0.1) is 10.8 Å². The maximum absolute atomic E-state index is 13.4. The molecule has 194 valence electrons. The molecule has 7 nitrogen and oxygen atoms in total. The highest BCUT2D eigenvalue weighted by Gasteiger charge is 2.35. The van der Waals surface area contributed by atoms with Crippen molar-refractivity contribution in [1.29, 1.82) is 0 Å². The Kier molecular flexibility index (Phi) is 7.58. The van der Waals surface area contributed by atoms with Crippen molar-refractivity contribution in [3.05, 3.63) is 78.4 Å². The highest BCUT2D eigenvalue weighted by Crippen LogP contribution is 2.27. The SMILES string of the molecule is O=C(N[C@@H]1CCCC[C@H]1NC(=O)[C@H]1CCCN(S(=O)(=O)c2ccc3ccccc3c2)C1)c1ccccc1. The van der Waals surface area contributed by atoms with Crippen LogP contribution in [0.4, 0.5) is 0 Å². The van der Waals surface area contributed by atoms with Crippen LogP contribution in [0.3, 0.4) is 0 Å². The first-order valence-corrected chi connectivity index (χ1v) is 14.5. The Bertz CT molecular complexity index is 1380. The van der Waals surface area contributed by atoms with Crippen LogP contribution in [0.1, 0.15) is 48.9 Å². The van der Waals surface area contributed by atoms with Gasteiger partial charge in [0.1, 0.15) is 0 Å². The quantitative estimate of drug-likeness (QED) is 0.513. The van der Waals surface area contributed by atoms with Crippen LogP contribution in [0.15, 0.2) is 77.7 Å². The van der Waals surface area contributed by atoms with Crippen molar-refractivity contribution in [2.45, 2.75) is 55.5 Å². The number of piperidine rings is 1. The van der Waals surface area contributed by atoms with Crippen molar-refractivity contribution in [3.63, 3.8) is 0 Å². The maximum Gasteiger partial charge on any atom is 0.251 e. The van der Waals surface area contributed by atoms with Gasteiger partial charge in [-0.05, 0) is 60.7 Å². The number of nitrogens with zero attached hydrogens (tertiary/aromatic N) is 1. The molecule has 0 aromatic heterocycles. The fourth-order valence-corrected chi connectivity index (χ4v) is 7.03. The molecule has 0 bridgehead atoms. The van der Waals surface area contributed by atoms with E-state index < -0.39 is 15.9 Å². The summed E-state index contributed by atoms with van der Waals surface area (Å²) in [6.45, 7) is 0.562. The number of amides is 2. The Balaban J connectivity index is 1.25. The molecule has 3 atom stereocenters. The second-order valence-electron chi connectivity index (χ2n) is 10.1. The van der Waals surface area contributed by atoms with Crippen molar-refractivity contribution in [1.82, 2.24) is 14.9 Å². The minimum Gasteiger partial charge on any atom is -0.351 e. The lowest BCUT2D eigenvalue weighted by atomic mass is 9.89. The molecule has 1 aliphatic heterocycles. The number of carbonyl (C=O) groups excluding carboxylic acids is 2. The molecule has 2 aliphatic rings. The molecule has 3 aromatic rings. The Labute approximate surface area is 218 Å². The minimum atomic E-state index is -3.71. The standard InChI is InChI=1S/C29H33N3O4S/c33-28(22-10-2-1-3-11-22)30-26-14-6-7-15-27(26)31-29(34)24-13-8-18-32(20-24)37(35,36)25-17-16-21-9-4-5-12-23(21)19-25/h1-5,9-12,16-17,19,24,26-27H,6-8,13-15,18,20H2,(H,30,33)(H,31,34)/t24-,26+,27+/m0/s1. The average molecular weight is 520 g/mol. The molecule has 1 heterocycles. The summed E-state index contributed by atoms with van der Waals surface area (Å²) in [5.74, 6) is -0.697. The molecule has 2 fully saturated rings. The zero-order valence-electron chi connectivity index (χ0n) is 20.8. The summed E-state index contributed by atoms with van der Waals surface area (Å²) in [5, 5.41) is 8.12. The second kappa shape index (κ2) is 11.0. The first-order chi connectivity index (χ1) is 17.9. The van der Waals surface area contributed by atoms with Crippen molar-refractivity contribution < 1.29 is 18.0 Å². The van der Waals surface area contributed by atoms with Crippen molar-refractivity contribution in [3.8, 4) is 0 Å². The van der Waals surface area contributed by atoms with Gasteiger partial charge in [0.15, 0.2) is 0 Å². The number of sulfonamides is 1. The molecule has 0 radical (unpaired) electrons. The number of nitrogens with one attached hydrogen (secondary N) is 2. The van der Waals surface area contributed by atoms with Crippen LogP contribution in [0, 0.1) is 5.92 Å². The normalized spacial score (nSPS) is 22.9. The fraction of sp³-hybridized carbons (Fsp3) is 0.379. The molecule has 3 aromatic carbocycles. The number of hydrogen-bond donors (Lipinski definition) is 2. The fourth-order valence-electron chi connectivity index (χ4n) is 5.47. The smallest absolute Gasteiger partial charge is 0.251 e. The van der Waals surface area contributed by atoms with Gasteiger partial charge in [0, 0.05) is 30.7 Å². The highest BCUT2D eigenvalue weighted by molar-refractivity contribution is 7.89. The zero-order chi connectivity index (χ0) is 25.8. The van der Waals surface area contributed by atoms with Crippen molar-refractivity contribution in [2.75, 3.05) is 13.1 Å². The average Bonchev–Trinajstić information content (AvgIpc) is 2.94. The number of hydrogen-bond acceptors (Lipinski definition) is 4. The molecule has 37 heavy (non-hydrogen) atoms. The predicted molar refractivity (Wildman–Crippen MR) is 144 cm³/mol. The third kappa shape index (κ3) is 5.70. The van der Waals surface area contributed by atoms with Gasteiger partial charge in [-0.2, -0.15) is 4.31 Å². The van der Waals surface area contributed by atoms with E-state index in [1.54, 1.807) is 24.3 Å². The molecule has 1 saturated carbocycles. The Morgan fingerprint density at radius 3 is 2.19 bits per heavy atom. The van der Waals surface area contributed by atoms with E-state index in [0.717, 1.165) is 36.5 Å². The van der Waals surface area contributed by atoms with E-state index in [1.807, 2.05) is 48.5 Å². The van der Waals surface area contributed by atoms with E-state index in [2.05, 4.69) is 10.6 Å². The number of fused-ring (bicyclic) bond motifs is 1. The number of rotatable bonds is 6. The van der Waals surface area contributed by atoms with Crippen LogP contribution in [0.5, 0.6) is 0 Å². The number of benzene rings is 3. The van der Waals surface area contributed by atoms with Crippen LogP contribution in [0.2, 0.25) is 0 Å². The van der Waals surface area contributed by atoms with Crippen LogP contribution < -0.4 is 10.6 Å². The van der Waals surface area contributed by atoms with Crippen molar-refractivity contribution in [2.24, 2.45) is 5.92 Å². The van der Waals surface area contributed by atoms with Crippen LogP contribution in [0.25, 0.3) is 10.8 Å². The van der Waals surface area contributed by atoms with Crippen LogP contribution in [-0.4, -0.2) is 49.7 Å². The lowest BCUT2D eigenvalue weighted by Crippen LogP contribution is -2.55. The molecule has 5 rings (SSSR count). The van der Waals surface area contributed by atoms with E-state index in [1.165, 1.54) is 4.31 Å². The summed E-state index contributed by atoms with van der Waals surface area (Å²) in [7, 11) is -3.71. The minimum absolute atomic E-state index is 0.135. The van der Waals surface area contributed by atoms with Gasteiger partial charge in [-0.1, -0.05) is 61.4 Å². The molecular weight excluding hydrogens is 486 g/mol. The van der Waals surface area contributed by atoms with E-state index >= 15 is 0 Å². The topological polar surface area (TPSA) is 95.6 Å². The van der Waals surface area contributed by atoms with Gasteiger partial charge >= 0.3 is 0 Å². The van der Waals surface area contributed by atoms with Crippen LogP contribution >= 0.6 is 0 Å². The van der Waals surface area contributed by atoms with E-state index in [9.17, 15) is 18.0 Å². The molecule has 0 spiro atoms. The molecule has 8 heteroatoms. The van der Waals surface area contributed by atoms with Gasteiger partial charge < -0.3 is 10.6 Å². The molecule has 0 unspecified atom stereocenters. The first kappa shape index (κ1) is 25.4. The zero-order valence-corrected chi connectivity index (χ0v) is 21.6. The van der Waals surface area contributed by atoms with E-state index in [4.69, 9.17) is 0 Å². The molecule has 2 N–H and O–H groups in total. The van der Waals surface area contributed by atoms with Gasteiger partial charge in [-0.15, -0.1) is 0 Å². The monoisotopic (exact) mass is 519 g/mol. The lowest BCUT2D eigenvalue weighted by molar-refractivity contribution is -0.127. The summed E-state index contributed by atoms with van der Waals surface area (Å²) in [6, 6.07) is 21.6. The summed E-state index contributed by atoms with van der Waals surface area (Å²) >= 11 is 0. The third-order valence-electron chi connectivity index (χ3n) is 7.56. The van der Waals surface area contributed by atoms with E-state index in [-0.39, 0.29) is 35.3 Å². The van der Waals surface area contributed by atoms with Gasteiger partial charge in [-0.25, -0.2) is 8.42 Å². The predicted octanol–water partition coefficient (Wildman–Crippen LogP) is 4.10. The number of carbonyl (C=O) groups is 2. The lowest BCUT2D eigenvalue weighted by Gasteiger charge is -2.36. The maximum atomic E-state index is 13.4. The third-order valence-corrected chi connectivity index (χ3v) is 9.42. The largest absolute Gasteiger partial charge is 0.351 e. The Hall–Kier alpha value is -3.23. The van der Waals surface area contributed by atoms with E-state index in [0.29, 0.717) is 24.9 Å².